The number of likely N-dealkylation sites (N-methyl/N-ethyl adjacent to an activating group) is 1. The molecule has 0 fully saturated rings. The quantitative estimate of drug-likeness (QED) is 0.713. The number of aromatic amines is 1. The van der Waals surface area contributed by atoms with Crippen LogP contribution in [0.15, 0.2) is 24.4 Å². The maximum absolute atomic E-state index is 12.3. The highest BCUT2D eigenvalue weighted by atomic mass is 16.3. The van der Waals surface area contributed by atoms with E-state index in [4.69, 9.17) is 10.8 Å². The van der Waals surface area contributed by atoms with Crippen LogP contribution < -0.4 is 5.73 Å². The van der Waals surface area contributed by atoms with E-state index in [2.05, 4.69) is 4.98 Å². The van der Waals surface area contributed by atoms with Crippen molar-refractivity contribution in [2.24, 2.45) is 0 Å². The summed E-state index contributed by atoms with van der Waals surface area (Å²) in [5.74, 6) is -0.118. The predicted molar refractivity (Wildman–Crippen MR) is 71.4 cm³/mol. The van der Waals surface area contributed by atoms with Gasteiger partial charge in [0.2, 0.25) is 0 Å². The minimum atomic E-state index is -0.212. The standard InChI is InChI=1S/C13H17N3O2/c1-8(7-17)16(2)13(18)11-6-15-12-5-9(14)3-4-10(11)12/h3-6,8,15,17H,7,14H2,1-2H3. The van der Waals surface area contributed by atoms with Crippen molar-refractivity contribution >= 4 is 22.5 Å². The van der Waals surface area contributed by atoms with E-state index in [1.807, 2.05) is 6.07 Å². The predicted octanol–water partition coefficient (Wildman–Crippen LogP) is 1.20. The molecule has 0 spiro atoms. The largest absolute Gasteiger partial charge is 0.399 e. The number of rotatable bonds is 3. The van der Waals surface area contributed by atoms with E-state index in [0.717, 1.165) is 10.9 Å². The highest BCUT2D eigenvalue weighted by molar-refractivity contribution is 6.07. The van der Waals surface area contributed by atoms with Crippen LogP contribution >= 0.6 is 0 Å². The number of fused-ring (bicyclic) bond motifs is 1. The molecule has 0 aliphatic heterocycles. The van der Waals surface area contributed by atoms with E-state index < -0.39 is 0 Å². The first-order chi connectivity index (χ1) is 8.54. The number of nitrogens with one attached hydrogen (secondary N) is 1. The summed E-state index contributed by atoms with van der Waals surface area (Å²) in [5.41, 5.74) is 7.77. The maximum atomic E-state index is 12.3. The van der Waals surface area contributed by atoms with Crippen molar-refractivity contribution in [3.8, 4) is 0 Å². The van der Waals surface area contributed by atoms with Gasteiger partial charge >= 0.3 is 0 Å². The van der Waals surface area contributed by atoms with Gasteiger partial charge in [-0.25, -0.2) is 0 Å². The van der Waals surface area contributed by atoms with Crippen molar-refractivity contribution in [1.82, 2.24) is 9.88 Å². The van der Waals surface area contributed by atoms with Gasteiger partial charge in [0.25, 0.3) is 5.91 Å². The first-order valence-electron chi connectivity index (χ1n) is 5.79. The van der Waals surface area contributed by atoms with Gasteiger partial charge in [0, 0.05) is 29.8 Å². The average Bonchev–Trinajstić information content (AvgIpc) is 2.78. The molecule has 5 heteroatoms. The molecule has 0 saturated heterocycles. The van der Waals surface area contributed by atoms with Crippen LogP contribution in [0.2, 0.25) is 0 Å². The van der Waals surface area contributed by atoms with Crippen molar-refractivity contribution in [2.45, 2.75) is 13.0 Å². The molecule has 1 heterocycles. The van der Waals surface area contributed by atoms with Crippen LogP contribution in [-0.4, -0.2) is 40.6 Å². The van der Waals surface area contributed by atoms with Gasteiger partial charge in [-0.05, 0) is 25.1 Å². The fourth-order valence-corrected chi connectivity index (χ4v) is 1.83. The number of aliphatic hydroxyl groups is 1. The van der Waals surface area contributed by atoms with Crippen LogP contribution in [0, 0.1) is 0 Å². The van der Waals surface area contributed by atoms with Crippen LogP contribution in [0.5, 0.6) is 0 Å². The minimum Gasteiger partial charge on any atom is -0.399 e. The fraction of sp³-hybridized carbons (Fsp3) is 0.308. The molecule has 1 unspecified atom stereocenters. The summed E-state index contributed by atoms with van der Waals surface area (Å²) in [6.07, 6.45) is 1.67. The van der Waals surface area contributed by atoms with Gasteiger partial charge in [-0.2, -0.15) is 0 Å². The number of amides is 1. The van der Waals surface area contributed by atoms with Crippen molar-refractivity contribution in [3.05, 3.63) is 30.0 Å². The Bertz CT molecular complexity index is 577. The molecule has 4 N–H and O–H groups in total. The lowest BCUT2D eigenvalue weighted by atomic mass is 10.1. The maximum Gasteiger partial charge on any atom is 0.256 e. The van der Waals surface area contributed by atoms with Crippen LogP contribution in [-0.2, 0) is 0 Å². The summed E-state index contributed by atoms with van der Waals surface area (Å²) in [4.78, 5) is 16.8. The Morgan fingerprint density at radius 1 is 1.56 bits per heavy atom. The summed E-state index contributed by atoms with van der Waals surface area (Å²) < 4.78 is 0. The van der Waals surface area contributed by atoms with Crippen LogP contribution in [0.3, 0.4) is 0 Å². The van der Waals surface area contributed by atoms with Gasteiger partial charge in [-0.3, -0.25) is 4.79 Å². The first-order valence-corrected chi connectivity index (χ1v) is 5.79. The Kier molecular flexibility index (Phi) is 3.25. The average molecular weight is 247 g/mol. The lowest BCUT2D eigenvalue weighted by molar-refractivity contribution is 0.0684. The van der Waals surface area contributed by atoms with E-state index in [9.17, 15) is 4.79 Å². The molecule has 0 bridgehead atoms. The van der Waals surface area contributed by atoms with E-state index >= 15 is 0 Å². The molecule has 1 atom stereocenters. The zero-order valence-electron chi connectivity index (χ0n) is 10.5. The number of hydrogen-bond donors (Lipinski definition) is 3. The Morgan fingerprint density at radius 2 is 2.28 bits per heavy atom. The summed E-state index contributed by atoms with van der Waals surface area (Å²) in [5, 5.41) is 9.92. The number of carbonyl (C=O) groups excluding carboxylic acids is 1. The number of hydrogen-bond acceptors (Lipinski definition) is 3. The molecular weight excluding hydrogens is 230 g/mol. The molecule has 1 aromatic carbocycles. The molecule has 0 radical (unpaired) electrons. The molecule has 0 aliphatic carbocycles. The molecule has 2 aromatic rings. The number of nitrogens with zero attached hydrogens (tertiary/aromatic N) is 1. The topological polar surface area (TPSA) is 82.3 Å². The zero-order chi connectivity index (χ0) is 13.3. The lowest BCUT2D eigenvalue weighted by Crippen LogP contribution is -2.37. The molecular formula is C13H17N3O2. The van der Waals surface area contributed by atoms with Crippen LogP contribution in [0.4, 0.5) is 5.69 Å². The SMILES string of the molecule is CC(CO)N(C)C(=O)c1c[nH]c2cc(N)ccc12. The molecule has 96 valence electrons. The van der Waals surface area contributed by atoms with Crippen molar-refractivity contribution in [3.63, 3.8) is 0 Å². The number of carbonyl (C=O) groups is 1. The number of benzene rings is 1. The monoisotopic (exact) mass is 247 g/mol. The summed E-state index contributed by atoms with van der Waals surface area (Å²) >= 11 is 0. The third kappa shape index (κ3) is 2.04. The van der Waals surface area contributed by atoms with E-state index in [1.165, 1.54) is 4.90 Å². The second-order valence-electron chi connectivity index (χ2n) is 4.46. The normalized spacial score (nSPS) is 12.6. The Morgan fingerprint density at radius 3 is 2.94 bits per heavy atom. The van der Waals surface area contributed by atoms with Gasteiger partial charge in [-0.15, -0.1) is 0 Å². The van der Waals surface area contributed by atoms with Crippen molar-refractivity contribution in [2.75, 3.05) is 19.4 Å². The van der Waals surface area contributed by atoms with Crippen molar-refractivity contribution < 1.29 is 9.90 Å². The lowest BCUT2D eigenvalue weighted by Gasteiger charge is -2.22. The van der Waals surface area contributed by atoms with Gasteiger partial charge in [-0.1, -0.05) is 0 Å². The van der Waals surface area contributed by atoms with Gasteiger partial charge < -0.3 is 20.7 Å². The molecule has 0 aliphatic rings. The number of anilines is 1. The van der Waals surface area contributed by atoms with Gasteiger partial charge in [0.1, 0.15) is 0 Å². The van der Waals surface area contributed by atoms with E-state index in [0.29, 0.717) is 11.3 Å². The third-order valence-electron chi connectivity index (χ3n) is 3.18. The highest BCUT2D eigenvalue weighted by Crippen LogP contribution is 2.22. The number of nitrogen functional groups attached to an aromatic ring is 1. The Hall–Kier alpha value is -2.01. The molecule has 18 heavy (non-hydrogen) atoms. The molecule has 1 aromatic heterocycles. The zero-order valence-corrected chi connectivity index (χ0v) is 10.5. The third-order valence-corrected chi connectivity index (χ3v) is 3.18. The molecule has 0 saturated carbocycles. The van der Waals surface area contributed by atoms with Crippen LogP contribution in [0.1, 0.15) is 17.3 Å². The van der Waals surface area contributed by atoms with E-state index in [1.54, 1.807) is 32.3 Å². The second-order valence-corrected chi connectivity index (χ2v) is 4.46. The molecule has 2 rings (SSSR count). The van der Waals surface area contributed by atoms with Gasteiger partial charge in [0.05, 0.1) is 18.2 Å². The number of aromatic nitrogens is 1. The smallest absolute Gasteiger partial charge is 0.256 e. The highest BCUT2D eigenvalue weighted by Gasteiger charge is 2.19. The Labute approximate surface area is 105 Å². The van der Waals surface area contributed by atoms with Crippen LogP contribution in [0.25, 0.3) is 10.9 Å². The summed E-state index contributed by atoms with van der Waals surface area (Å²) in [6.45, 7) is 1.74. The summed E-state index contributed by atoms with van der Waals surface area (Å²) in [7, 11) is 1.68. The number of aliphatic hydroxyl groups excluding tert-OH is 1. The van der Waals surface area contributed by atoms with Crippen molar-refractivity contribution in [1.29, 1.82) is 0 Å². The molecule has 5 nitrogen and oxygen atoms in total. The minimum absolute atomic E-state index is 0.0580. The fourth-order valence-electron chi connectivity index (χ4n) is 1.83. The number of nitrogens with two attached hydrogens (primary N) is 1. The second kappa shape index (κ2) is 4.70. The molecule has 1 amide bonds. The van der Waals surface area contributed by atoms with Gasteiger partial charge in [0.15, 0.2) is 0 Å². The van der Waals surface area contributed by atoms with E-state index in [-0.39, 0.29) is 18.6 Å². The summed E-state index contributed by atoms with van der Waals surface area (Å²) in [6, 6.07) is 5.17. The first kappa shape index (κ1) is 12.4. The number of H-pyrrole nitrogens is 1. The Balaban J connectivity index is 2.39.